The predicted octanol–water partition coefficient (Wildman–Crippen LogP) is 2.94. The Morgan fingerprint density at radius 3 is 2.75 bits per heavy atom. The molecular formula is C14H18ClN3O2. The number of benzene rings is 1. The maximum Gasteiger partial charge on any atom is 0.336 e. The quantitative estimate of drug-likeness (QED) is 0.890. The molecule has 0 spiro atoms. The highest BCUT2D eigenvalue weighted by atomic mass is 35.5. The van der Waals surface area contributed by atoms with Crippen molar-refractivity contribution in [2.24, 2.45) is 0 Å². The molecular weight excluding hydrogens is 278 g/mol. The van der Waals surface area contributed by atoms with E-state index in [0.717, 1.165) is 23.6 Å². The number of rotatable bonds is 5. The van der Waals surface area contributed by atoms with E-state index in [1.165, 1.54) is 0 Å². The summed E-state index contributed by atoms with van der Waals surface area (Å²) >= 11 is 0. The summed E-state index contributed by atoms with van der Waals surface area (Å²) in [6, 6.07) is 8.95. The lowest BCUT2D eigenvalue weighted by Gasteiger charge is -2.10. The van der Waals surface area contributed by atoms with Gasteiger partial charge in [0.2, 0.25) is 0 Å². The minimum atomic E-state index is -0.905. The molecule has 0 bridgehead atoms. The molecule has 2 aromatic rings. The lowest BCUT2D eigenvalue weighted by Crippen LogP contribution is -2.10. The first-order chi connectivity index (χ1) is 9.11. The lowest BCUT2D eigenvalue weighted by atomic mass is 10.1. The molecule has 1 aromatic heterocycles. The van der Waals surface area contributed by atoms with Crippen molar-refractivity contribution in [2.45, 2.75) is 26.9 Å². The van der Waals surface area contributed by atoms with Crippen LogP contribution < -0.4 is 5.32 Å². The van der Waals surface area contributed by atoms with Crippen molar-refractivity contribution in [2.75, 3.05) is 5.32 Å². The van der Waals surface area contributed by atoms with Gasteiger partial charge < -0.3 is 10.4 Å². The number of halogens is 1. The number of carboxylic acids is 1. The molecule has 0 unspecified atom stereocenters. The number of anilines is 1. The Morgan fingerprint density at radius 2 is 2.10 bits per heavy atom. The smallest absolute Gasteiger partial charge is 0.336 e. The van der Waals surface area contributed by atoms with E-state index < -0.39 is 5.97 Å². The molecule has 0 amide bonds. The lowest BCUT2D eigenvalue weighted by molar-refractivity contribution is 0.0696. The zero-order valence-corrected chi connectivity index (χ0v) is 12.3. The minimum absolute atomic E-state index is 0. The number of carboxylic acid groups (broad SMARTS) is 1. The van der Waals surface area contributed by atoms with E-state index >= 15 is 0 Å². The van der Waals surface area contributed by atoms with Gasteiger partial charge in [0, 0.05) is 19.2 Å². The van der Waals surface area contributed by atoms with Crippen LogP contribution in [0.1, 0.15) is 28.5 Å². The third kappa shape index (κ3) is 3.51. The molecule has 0 saturated heterocycles. The van der Waals surface area contributed by atoms with Crippen LogP contribution >= 0.6 is 12.4 Å². The molecule has 2 rings (SSSR count). The van der Waals surface area contributed by atoms with Gasteiger partial charge in [-0.3, -0.25) is 0 Å². The first-order valence-corrected chi connectivity index (χ1v) is 6.21. The molecule has 0 aliphatic heterocycles. The minimum Gasteiger partial charge on any atom is -0.478 e. The fourth-order valence-corrected chi connectivity index (χ4v) is 2.00. The van der Waals surface area contributed by atoms with Crippen LogP contribution in [0.3, 0.4) is 0 Å². The third-order valence-corrected chi connectivity index (χ3v) is 2.91. The van der Waals surface area contributed by atoms with Gasteiger partial charge in [-0.1, -0.05) is 18.2 Å². The fourth-order valence-electron chi connectivity index (χ4n) is 2.00. The Morgan fingerprint density at radius 1 is 1.40 bits per heavy atom. The highest BCUT2D eigenvalue weighted by molar-refractivity contribution is 5.89. The van der Waals surface area contributed by atoms with E-state index in [2.05, 4.69) is 10.4 Å². The second-order valence-electron chi connectivity index (χ2n) is 4.30. The van der Waals surface area contributed by atoms with E-state index in [1.54, 1.807) is 12.1 Å². The SMILES string of the molecule is CCn1nc(C)cc1NCc1ccccc1C(=O)O.Cl. The Labute approximate surface area is 124 Å². The molecule has 2 N–H and O–H groups in total. The van der Waals surface area contributed by atoms with E-state index in [1.807, 2.05) is 36.7 Å². The van der Waals surface area contributed by atoms with Crippen molar-refractivity contribution < 1.29 is 9.90 Å². The first-order valence-electron chi connectivity index (χ1n) is 6.21. The Hall–Kier alpha value is -2.01. The van der Waals surface area contributed by atoms with E-state index in [4.69, 9.17) is 5.11 Å². The molecule has 0 atom stereocenters. The fraction of sp³-hybridized carbons (Fsp3) is 0.286. The van der Waals surface area contributed by atoms with Gasteiger partial charge in [0.05, 0.1) is 11.3 Å². The number of carbonyl (C=O) groups is 1. The summed E-state index contributed by atoms with van der Waals surface area (Å²) in [5.41, 5.74) is 2.03. The van der Waals surface area contributed by atoms with Crippen molar-refractivity contribution in [3.63, 3.8) is 0 Å². The number of hydrogen-bond acceptors (Lipinski definition) is 3. The van der Waals surface area contributed by atoms with Crippen LogP contribution in [0, 0.1) is 6.92 Å². The number of nitrogens with zero attached hydrogens (tertiary/aromatic N) is 2. The summed E-state index contributed by atoms with van der Waals surface area (Å²) in [5.74, 6) is -0.00206. The summed E-state index contributed by atoms with van der Waals surface area (Å²) < 4.78 is 1.86. The largest absolute Gasteiger partial charge is 0.478 e. The van der Waals surface area contributed by atoms with E-state index in [-0.39, 0.29) is 12.4 Å². The standard InChI is InChI=1S/C14H17N3O2.ClH/c1-3-17-13(8-10(2)16-17)15-9-11-6-4-5-7-12(11)14(18)19;/h4-8,15H,3,9H2,1-2H3,(H,18,19);1H. The van der Waals surface area contributed by atoms with Gasteiger partial charge in [0.15, 0.2) is 0 Å². The van der Waals surface area contributed by atoms with Crippen molar-refractivity contribution in [1.82, 2.24) is 9.78 Å². The van der Waals surface area contributed by atoms with Gasteiger partial charge in [0.1, 0.15) is 5.82 Å². The third-order valence-electron chi connectivity index (χ3n) is 2.91. The molecule has 20 heavy (non-hydrogen) atoms. The Kier molecular flexibility index (Phi) is 5.58. The molecule has 6 heteroatoms. The number of aromatic carboxylic acids is 1. The van der Waals surface area contributed by atoms with Gasteiger partial charge in [-0.25, -0.2) is 9.48 Å². The molecule has 1 aromatic carbocycles. The van der Waals surface area contributed by atoms with Gasteiger partial charge in [-0.2, -0.15) is 5.10 Å². The number of aryl methyl sites for hydroxylation is 2. The zero-order chi connectivity index (χ0) is 13.8. The second-order valence-corrected chi connectivity index (χ2v) is 4.30. The van der Waals surface area contributed by atoms with Gasteiger partial charge >= 0.3 is 5.97 Å². The summed E-state index contributed by atoms with van der Waals surface area (Å²) in [5, 5.41) is 16.7. The van der Waals surface area contributed by atoms with Crippen LogP contribution in [0.25, 0.3) is 0 Å². The summed E-state index contributed by atoms with van der Waals surface area (Å²) in [7, 11) is 0. The van der Waals surface area contributed by atoms with Gasteiger partial charge in [0.25, 0.3) is 0 Å². The van der Waals surface area contributed by atoms with Crippen LogP contribution in [-0.2, 0) is 13.1 Å². The molecule has 0 radical (unpaired) electrons. The van der Waals surface area contributed by atoms with Gasteiger partial charge in [-0.05, 0) is 25.5 Å². The molecule has 0 fully saturated rings. The zero-order valence-electron chi connectivity index (χ0n) is 11.5. The maximum atomic E-state index is 11.1. The average Bonchev–Trinajstić information content (AvgIpc) is 2.77. The molecule has 108 valence electrons. The summed E-state index contributed by atoms with van der Waals surface area (Å²) in [6.07, 6.45) is 0. The molecule has 1 heterocycles. The van der Waals surface area contributed by atoms with Crippen molar-refractivity contribution >= 4 is 24.2 Å². The number of aromatic nitrogens is 2. The molecule has 0 saturated carbocycles. The normalized spacial score (nSPS) is 9.90. The highest BCUT2D eigenvalue weighted by Gasteiger charge is 2.09. The van der Waals surface area contributed by atoms with Crippen LogP contribution in [-0.4, -0.2) is 20.9 Å². The van der Waals surface area contributed by atoms with Crippen molar-refractivity contribution in [3.05, 3.63) is 47.2 Å². The van der Waals surface area contributed by atoms with E-state index in [0.29, 0.717) is 12.1 Å². The summed E-state index contributed by atoms with van der Waals surface area (Å²) in [6.45, 7) is 5.19. The van der Waals surface area contributed by atoms with Crippen LogP contribution in [0.5, 0.6) is 0 Å². The highest BCUT2D eigenvalue weighted by Crippen LogP contribution is 2.14. The Bertz CT molecular complexity index is 596. The van der Waals surface area contributed by atoms with Crippen LogP contribution in [0.15, 0.2) is 30.3 Å². The first kappa shape index (κ1) is 16.0. The number of nitrogens with one attached hydrogen (secondary N) is 1. The molecule has 5 nitrogen and oxygen atoms in total. The Balaban J connectivity index is 0.00000200. The number of hydrogen-bond donors (Lipinski definition) is 2. The summed E-state index contributed by atoms with van der Waals surface area (Å²) in [4.78, 5) is 11.1. The second kappa shape index (κ2) is 6.96. The van der Waals surface area contributed by atoms with Crippen molar-refractivity contribution in [1.29, 1.82) is 0 Å². The van der Waals surface area contributed by atoms with Crippen LogP contribution in [0.2, 0.25) is 0 Å². The predicted molar refractivity (Wildman–Crippen MR) is 80.6 cm³/mol. The van der Waals surface area contributed by atoms with Crippen LogP contribution in [0.4, 0.5) is 5.82 Å². The topological polar surface area (TPSA) is 67.2 Å². The molecule has 0 aliphatic rings. The monoisotopic (exact) mass is 295 g/mol. The maximum absolute atomic E-state index is 11.1. The van der Waals surface area contributed by atoms with E-state index in [9.17, 15) is 4.79 Å². The average molecular weight is 296 g/mol. The van der Waals surface area contributed by atoms with Crippen molar-refractivity contribution in [3.8, 4) is 0 Å². The molecule has 0 aliphatic carbocycles. The van der Waals surface area contributed by atoms with Gasteiger partial charge in [-0.15, -0.1) is 12.4 Å².